The molecule has 0 aromatic carbocycles. The molecule has 0 aliphatic rings. The van der Waals surface area contributed by atoms with Crippen LogP contribution in [-0.2, 0) is 6.54 Å². The highest BCUT2D eigenvalue weighted by molar-refractivity contribution is 5.09. The van der Waals surface area contributed by atoms with Gasteiger partial charge in [-0.1, -0.05) is 13.0 Å². The van der Waals surface area contributed by atoms with Gasteiger partial charge in [-0.2, -0.15) is 0 Å². The van der Waals surface area contributed by atoms with Gasteiger partial charge in [-0.25, -0.2) is 0 Å². The molecule has 0 fully saturated rings. The summed E-state index contributed by atoms with van der Waals surface area (Å²) in [6, 6.07) is 6.25. The molecular formula is C14H25N3. The molecule has 0 spiro atoms. The number of aromatic nitrogens is 1. The van der Waals surface area contributed by atoms with E-state index < -0.39 is 0 Å². The topological polar surface area (TPSA) is 28.2 Å². The number of rotatable bonds is 8. The smallest absolute Gasteiger partial charge is 0.0547 e. The van der Waals surface area contributed by atoms with Crippen LogP contribution >= 0.6 is 0 Å². The molecule has 0 atom stereocenters. The number of nitrogens with zero attached hydrogens (tertiary/aromatic N) is 2. The van der Waals surface area contributed by atoms with Crippen LogP contribution in [0.4, 0.5) is 0 Å². The molecule has 1 aromatic heterocycles. The summed E-state index contributed by atoms with van der Waals surface area (Å²) in [7, 11) is 2.01. The lowest BCUT2D eigenvalue weighted by Crippen LogP contribution is -2.25. The summed E-state index contributed by atoms with van der Waals surface area (Å²) in [5, 5.41) is 3.19. The number of hydrogen-bond acceptors (Lipinski definition) is 3. The van der Waals surface area contributed by atoms with E-state index in [9.17, 15) is 0 Å². The fourth-order valence-electron chi connectivity index (χ4n) is 1.90. The van der Waals surface area contributed by atoms with Crippen LogP contribution in [0, 0.1) is 6.92 Å². The Kier molecular flexibility index (Phi) is 6.82. The SMILES string of the molecule is CCN(CCCCNC)Cc1cccc(C)n1. The Labute approximate surface area is 105 Å². The van der Waals surface area contributed by atoms with Gasteiger partial charge >= 0.3 is 0 Å². The van der Waals surface area contributed by atoms with Crippen molar-refractivity contribution in [2.24, 2.45) is 0 Å². The molecule has 0 bridgehead atoms. The molecule has 3 nitrogen and oxygen atoms in total. The number of hydrogen-bond donors (Lipinski definition) is 1. The average molecular weight is 235 g/mol. The summed E-state index contributed by atoms with van der Waals surface area (Å²) in [5.41, 5.74) is 2.29. The minimum Gasteiger partial charge on any atom is -0.320 e. The lowest BCUT2D eigenvalue weighted by atomic mass is 10.2. The second-order valence-electron chi connectivity index (χ2n) is 4.45. The first-order valence-electron chi connectivity index (χ1n) is 6.55. The van der Waals surface area contributed by atoms with Gasteiger partial charge in [0.15, 0.2) is 0 Å². The highest BCUT2D eigenvalue weighted by Crippen LogP contribution is 2.04. The summed E-state index contributed by atoms with van der Waals surface area (Å²) in [4.78, 5) is 7.01. The molecule has 3 heteroatoms. The molecule has 0 saturated carbocycles. The second kappa shape index (κ2) is 8.20. The van der Waals surface area contributed by atoms with E-state index >= 15 is 0 Å². The summed E-state index contributed by atoms with van der Waals surface area (Å²) >= 11 is 0. The van der Waals surface area contributed by atoms with E-state index in [-0.39, 0.29) is 0 Å². The lowest BCUT2D eigenvalue weighted by molar-refractivity contribution is 0.270. The van der Waals surface area contributed by atoms with Crippen molar-refractivity contribution in [3.63, 3.8) is 0 Å². The summed E-state index contributed by atoms with van der Waals surface area (Å²) in [6.45, 7) is 8.60. The zero-order chi connectivity index (χ0) is 12.5. The fraction of sp³-hybridized carbons (Fsp3) is 0.643. The molecule has 0 radical (unpaired) electrons. The molecular weight excluding hydrogens is 210 g/mol. The van der Waals surface area contributed by atoms with Crippen molar-refractivity contribution in [3.05, 3.63) is 29.6 Å². The Morgan fingerprint density at radius 3 is 2.76 bits per heavy atom. The van der Waals surface area contributed by atoms with Crippen LogP contribution in [0.3, 0.4) is 0 Å². The zero-order valence-corrected chi connectivity index (χ0v) is 11.4. The first-order valence-corrected chi connectivity index (χ1v) is 6.55. The third kappa shape index (κ3) is 5.80. The molecule has 17 heavy (non-hydrogen) atoms. The Balaban J connectivity index is 2.35. The first kappa shape index (κ1) is 14.1. The Hall–Kier alpha value is -0.930. The highest BCUT2D eigenvalue weighted by Gasteiger charge is 2.04. The molecule has 0 amide bonds. The van der Waals surface area contributed by atoms with Crippen molar-refractivity contribution in [2.45, 2.75) is 33.2 Å². The molecule has 1 rings (SSSR count). The highest BCUT2D eigenvalue weighted by atomic mass is 15.1. The maximum absolute atomic E-state index is 4.55. The summed E-state index contributed by atoms with van der Waals surface area (Å²) in [6.07, 6.45) is 2.49. The fourth-order valence-corrected chi connectivity index (χ4v) is 1.90. The number of aryl methyl sites for hydroxylation is 1. The van der Waals surface area contributed by atoms with E-state index in [1.165, 1.54) is 18.5 Å². The summed E-state index contributed by atoms with van der Waals surface area (Å²) < 4.78 is 0. The van der Waals surface area contributed by atoms with Gasteiger partial charge in [-0.3, -0.25) is 9.88 Å². The quantitative estimate of drug-likeness (QED) is 0.700. The normalized spacial score (nSPS) is 11.1. The standard InChI is InChI=1S/C14H25N3/c1-4-17(11-6-5-10-15-3)12-14-9-7-8-13(2)16-14/h7-9,15H,4-6,10-12H2,1-3H3. The van der Waals surface area contributed by atoms with E-state index in [1.54, 1.807) is 0 Å². The van der Waals surface area contributed by atoms with Crippen LogP contribution in [0.25, 0.3) is 0 Å². The second-order valence-corrected chi connectivity index (χ2v) is 4.45. The minimum absolute atomic E-state index is 0.970. The van der Waals surface area contributed by atoms with Crippen LogP contribution in [0.5, 0.6) is 0 Å². The molecule has 0 unspecified atom stereocenters. The van der Waals surface area contributed by atoms with Crippen molar-refractivity contribution in [1.29, 1.82) is 0 Å². The molecule has 0 saturated heterocycles. The van der Waals surface area contributed by atoms with Gasteiger partial charge in [0.2, 0.25) is 0 Å². The first-order chi connectivity index (χ1) is 8.26. The lowest BCUT2D eigenvalue weighted by Gasteiger charge is -2.20. The van der Waals surface area contributed by atoms with Gasteiger partial charge in [0.1, 0.15) is 0 Å². The van der Waals surface area contributed by atoms with E-state index in [0.717, 1.165) is 31.9 Å². The summed E-state index contributed by atoms with van der Waals surface area (Å²) in [5.74, 6) is 0. The average Bonchev–Trinajstić information content (AvgIpc) is 2.33. The van der Waals surface area contributed by atoms with Crippen LogP contribution in [0.15, 0.2) is 18.2 Å². The van der Waals surface area contributed by atoms with Crippen LogP contribution in [-0.4, -0.2) is 36.6 Å². The molecule has 1 aromatic rings. The molecule has 1 N–H and O–H groups in total. The Morgan fingerprint density at radius 1 is 1.29 bits per heavy atom. The zero-order valence-electron chi connectivity index (χ0n) is 11.4. The van der Waals surface area contributed by atoms with Crippen molar-refractivity contribution in [1.82, 2.24) is 15.2 Å². The van der Waals surface area contributed by atoms with E-state index in [0.29, 0.717) is 0 Å². The van der Waals surface area contributed by atoms with Gasteiger partial charge in [0.25, 0.3) is 0 Å². The molecule has 0 aliphatic carbocycles. The van der Waals surface area contributed by atoms with Gasteiger partial charge in [0.05, 0.1) is 5.69 Å². The van der Waals surface area contributed by atoms with Gasteiger partial charge in [0, 0.05) is 12.2 Å². The molecule has 1 heterocycles. The third-order valence-corrected chi connectivity index (χ3v) is 2.93. The monoisotopic (exact) mass is 235 g/mol. The van der Waals surface area contributed by atoms with Crippen LogP contribution in [0.1, 0.15) is 31.2 Å². The van der Waals surface area contributed by atoms with Crippen molar-refractivity contribution in [3.8, 4) is 0 Å². The number of pyridine rings is 1. The van der Waals surface area contributed by atoms with Crippen molar-refractivity contribution in [2.75, 3.05) is 26.7 Å². The predicted molar refractivity (Wildman–Crippen MR) is 73.1 cm³/mol. The Morgan fingerprint density at radius 2 is 2.12 bits per heavy atom. The Bertz CT molecular complexity index is 312. The number of unbranched alkanes of at least 4 members (excludes halogenated alkanes) is 1. The largest absolute Gasteiger partial charge is 0.320 e. The number of nitrogens with one attached hydrogen (secondary N) is 1. The maximum Gasteiger partial charge on any atom is 0.0547 e. The molecule has 0 aliphatic heterocycles. The predicted octanol–water partition coefficient (Wildman–Crippen LogP) is 2.21. The maximum atomic E-state index is 4.55. The minimum atomic E-state index is 0.970. The van der Waals surface area contributed by atoms with E-state index in [4.69, 9.17) is 0 Å². The van der Waals surface area contributed by atoms with Crippen molar-refractivity contribution < 1.29 is 0 Å². The van der Waals surface area contributed by atoms with Gasteiger partial charge in [-0.05, 0) is 58.6 Å². The van der Waals surface area contributed by atoms with Gasteiger partial charge in [-0.15, -0.1) is 0 Å². The molecule has 96 valence electrons. The third-order valence-electron chi connectivity index (χ3n) is 2.93. The van der Waals surface area contributed by atoms with Crippen LogP contribution in [0.2, 0.25) is 0 Å². The van der Waals surface area contributed by atoms with Crippen LogP contribution < -0.4 is 5.32 Å². The van der Waals surface area contributed by atoms with Gasteiger partial charge < -0.3 is 5.32 Å². The van der Waals surface area contributed by atoms with E-state index in [2.05, 4.69) is 34.3 Å². The van der Waals surface area contributed by atoms with Crippen molar-refractivity contribution >= 4 is 0 Å². The van der Waals surface area contributed by atoms with E-state index in [1.807, 2.05) is 20.0 Å².